The van der Waals surface area contributed by atoms with Crippen molar-refractivity contribution < 1.29 is 9.76 Å². The minimum Gasteiger partial charge on any atom is -0.302 e. The lowest BCUT2D eigenvalue weighted by Gasteiger charge is -2.23. The molecule has 0 aliphatic carbocycles. The third kappa shape index (κ3) is 1.97. The van der Waals surface area contributed by atoms with Crippen LogP contribution in [0.25, 0.3) is 0 Å². The minimum atomic E-state index is 0.451. The Balaban J connectivity index is 2.32. The van der Waals surface area contributed by atoms with Crippen LogP contribution >= 0.6 is 0 Å². The van der Waals surface area contributed by atoms with Crippen LogP contribution in [0, 0.1) is 4.91 Å². The van der Waals surface area contributed by atoms with E-state index in [1.54, 1.807) is 6.20 Å². The van der Waals surface area contributed by atoms with E-state index in [4.69, 9.17) is 0 Å². The normalized spacial score (nSPS) is 15.9. The first kappa shape index (κ1) is 10.0. The van der Waals surface area contributed by atoms with E-state index in [1.807, 2.05) is 6.07 Å². The fraction of sp³-hybridized carbons (Fsp3) is 0.500. The summed E-state index contributed by atoms with van der Waals surface area (Å²) in [5, 5.41) is 0. The third-order valence-corrected chi connectivity index (χ3v) is 2.59. The molecule has 0 saturated carbocycles. The molecule has 2 rings (SSSR count). The van der Waals surface area contributed by atoms with Crippen LogP contribution in [0.4, 0.5) is 5.69 Å². The quantitative estimate of drug-likeness (QED) is 0.681. The van der Waals surface area contributed by atoms with Gasteiger partial charge in [0.15, 0.2) is 7.11 Å². The minimum absolute atomic E-state index is 0.451. The molecule has 0 spiro atoms. The first-order chi connectivity index (χ1) is 7.20. The lowest BCUT2D eigenvalue weighted by molar-refractivity contribution is -0.736. The number of hydrogen-bond acceptors (Lipinski definition) is 4. The van der Waals surface area contributed by atoms with Crippen molar-refractivity contribution in [3.8, 4) is 0 Å². The molecule has 1 aliphatic rings. The molecule has 5 heteroatoms. The van der Waals surface area contributed by atoms with Gasteiger partial charge in [-0.05, 0) is 12.6 Å². The highest BCUT2D eigenvalue weighted by Crippen LogP contribution is 2.20. The van der Waals surface area contributed by atoms with Crippen molar-refractivity contribution in [2.75, 3.05) is 20.7 Å². The van der Waals surface area contributed by atoms with Crippen molar-refractivity contribution in [1.29, 1.82) is 0 Å². The van der Waals surface area contributed by atoms with Gasteiger partial charge in [-0.15, -0.1) is 0 Å². The first-order valence-corrected chi connectivity index (χ1v) is 4.88. The Kier molecular flexibility index (Phi) is 2.64. The molecule has 1 aliphatic heterocycles. The molecule has 5 nitrogen and oxygen atoms in total. The molecule has 0 saturated heterocycles. The van der Waals surface area contributed by atoms with Crippen molar-refractivity contribution in [2.24, 2.45) is 0 Å². The highest BCUT2D eigenvalue weighted by atomic mass is 16.8. The molecule has 80 valence electrons. The molecule has 0 unspecified atom stereocenters. The average molecular weight is 208 g/mol. The van der Waals surface area contributed by atoms with Crippen LogP contribution in [0.15, 0.2) is 12.3 Å². The average Bonchev–Trinajstić information content (AvgIpc) is 2.27. The summed E-state index contributed by atoms with van der Waals surface area (Å²) in [7, 11) is 3.40. The lowest BCUT2D eigenvalue weighted by Crippen LogP contribution is -2.27. The van der Waals surface area contributed by atoms with Crippen LogP contribution in [-0.4, -0.2) is 35.5 Å². The zero-order valence-electron chi connectivity index (χ0n) is 8.93. The number of likely N-dealkylation sites (N-methyl/N-ethyl adjacent to an activating group) is 1. The van der Waals surface area contributed by atoms with Crippen molar-refractivity contribution in [1.82, 2.24) is 9.88 Å². The van der Waals surface area contributed by atoms with E-state index >= 15 is 0 Å². The molecule has 0 aromatic carbocycles. The number of pyridine rings is 1. The van der Waals surface area contributed by atoms with Crippen molar-refractivity contribution in [3.63, 3.8) is 0 Å². The van der Waals surface area contributed by atoms with Crippen LogP contribution in [0.5, 0.6) is 0 Å². The SMILES string of the molecule is CO[N+](=O)c1cnc2c(c1)CN(C)CC2. The van der Waals surface area contributed by atoms with Gasteiger partial charge in [0.05, 0.1) is 4.91 Å². The summed E-state index contributed by atoms with van der Waals surface area (Å²) >= 11 is 0. The van der Waals surface area contributed by atoms with Gasteiger partial charge in [-0.3, -0.25) is 4.98 Å². The van der Waals surface area contributed by atoms with Gasteiger partial charge >= 0.3 is 5.69 Å². The maximum atomic E-state index is 11.2. The van der Waals surface area contributed by atoms with Crippen LogP contribution in [0.1, 0.15) is 11.3 Å². The Morgan fingerprint density at radius 3 is 3.13 bits per heavy atom. The second kappa shape index (κ2) is 3.94. The Hall–Kier alpha value is -1.49. The largest absolute Gasteiger partial charge is 0.335 e. The van der Waals surface area contributed by atoms with Crippen molar-refractivity contribution in [3.05, 3.63) is 28.4 Å². The fourth-order valence-corrected chi connectivity index (χ4v) is 1.76. The van der Waals surface area contributed by atoms with E-state index in [2.05, 4.69) is 21.8 Å². The Morgan fingerprint density at radius 2 is 2.40 bits per heavy atom. The smallest absolute Gasteiger partial charge is 0.302 e. The van der Waals surface area contributed by atoms with Crippen LogP contribution < -0.4 is 0 Å². The standard InChI is InChI=1S/C10H14N3O2/c1-12-4-3-10-8(7-12)5-9(6-11-10)13(14)15-2/h5-6H,3-4,7H2,1-2H3/q+1. The molecule has 2 heterocycles. The zero-order valence-corrected chi connectivity index (χ0v) is 8.93. The van der Waals surface area contributed by atoms with E-state index in [0.29, 0.717) is 10.6 Å². The van der Waals surface area contributed by atoms with E-state index in [9.17, 15) is 4.91 Å². The molecule has 0 atom stereocenters. The monoisotopic (exact) mass is 208 g/mol. The van der Waals surface area contributed by atoms with E-state index in [-0.39, 0.29) is 0 Å². The van der Waals surface area contributed by atoms with Gasteiger partial charge in [0.1, 0.15) is 6.20 Å². The van der Waals surface area contributed by atoms with E-state index in [0.717, 1.165) is 30.8 Å². The number of rotatable bonds is 2. The van der Waals surface area contributed by atoms with E-state index < -0.39 is 0 Å². The van der Waals surface area contributed by atoms with Gasteiger partial charge in [-0.2, -0.15) is 0 Å². The highest BCUT2D eigenvalue weighted by molar-refractivity contribution is 5.34. The van der Waals surface area contributed by atoms with Crippen LogP contribution in [-0.2, 0) is 17.8 Å². The Labute approximate surface area is 88.2 Å². The molecule has 1 aromatic heterocycles. The van der Waals surface area contributed by atoms with Crippen molar-refractivity contribution >= 4 is 5.69 Å². The maximum absolute atomic E-state index is 11.2. The molecule has 0 amide bonds. The second-order valence-electron chi connectivity index (χ2n) is 3.73. The van der Waals surface area contributed by atoms with Crippen LogP contribution in [0.2, 0.25) is 0 Å². The molecule has 0 fully saturated rings. The Morgan fingerprint density at radius 1 is 1.60 bits per heavy atom. The van der Waals surface area contributed by atoms with Gasteiger partial charge in [-0.25, -0.2) is 4.84 Å². The summed E-state index contributed by atoms with van der Waals surface area (Å²) in [6.07, 6.45) is 2.50. The summed E-state index contributed by atoms with van der Waals surface area (Å²) < 4.78 is 0. The number of aromatic nitrogens is 1. The van der Waals surface area contributed by atoms with Crippen LogP contribution in [0.3, 0.4) is 0 Å². The predicted molar refractivity (Wildman–Crippen MR) is 54.6 cm³/mol. The van der Waals surface area contributed by atoms with Gasteiger partial charge < -0.3 is 4.90 Å². The van der Waals surface area contributed by atoms with Gasteiger partial charge in [0.2, 0.25) is 0 Å². The number of nitrogens with zero attached hydrogens (tertiary/aromatic N) is 3. The lowest BCUT2D eigenvalue weighted by atomic mass is 10.1. The summed E-state index contributed by atoms with van der Waals surface area (Å²) in [6.45, 7) is 1.86. The molecular weight excluding hydrogens is 194 g/mol. The van der Waals surface area contributed by atoms with Crippen molar-refractivity contribution in [2.45, 2.75) is 13.0 Å². The fourth-order valence-electron chi connectivity index (χ4n) is 1.76. The maximum Gasteiger partial charge on any atom is 0.335 e. The molecule has 0 radical (unpaired) electrons. The molecule has 0 N–H and O–H groups in total. The molecular formula is C10H14N3O2+. The molecule has 1 aromatic rings. The van der Waals surface area contributed by atoms with Gasteiger partial charge in [0, 0.05) is 31.3 Å². The highest BCUT2D eigenvalue weighted by Gasteiger charge is 2.21. The van der Waals surface area contributed by atoms with Gasteiger partial charge in [-0.1, -0.05) is 0 Å². The van der Waals surface area contributed by atoms with E-state index in [1.165, 1.54) is 7.11 Å². The summed E-state index contributed by atoms with van der Waals surface area (Å²) in [4.78, 5) is 22.8. The van der Waals surface area contributed by atoms with Gasteiger partial charge in [0.25, 0.3) is 4.92 Å². The molecule has 15 heavy (non-hydrogen) atoms. The Bertz CT molecular complexity index is 392. The molecule has 0 bridgehead atoms. The number of hydrogen-bond donors (Lipinski definition) is 0. The summed E-state index contributed by atoms with van der Waals surface area (Å²) in [5.74, 6) is 0. The number of fused-ring (bicyclic) bond motifs is 1. The zero-order chi connectivity index (χ0) is 10.8. The predicted octanol–water partition coefficient (Wildman–Crippen LogP) is 1.04. The third-order valence-electron chi connectivity index (χ3n) is 2.59. The summed E-state index contributed by atoms with van der Waals surface area (Å²) in [6, 6.07) is 1.84. The second-order valence-corrected chi connectivity index (χ2v) is 3.73. The summed E-state index contributed by atoms with van der Waals surface area (Å²) in [5.41, 5.74) is 2.65. The first-order valence-electron chi connectivity index (χ1n) is 4.88. The topological polar surface area (TPSA) is 45.4 Å².